The van der Waals surface area contributed by atoms with Gasteiger partial charge in [-0.1, -0.05) is 18.2 Å². The topological polar surface area (TPSA) is 21.3 Å². The maximum atomic E-state index is 5.64. The van der Waals surface area contributed by atoms with Crippen LogP contribution in [0.3, 0.4) is 0 Å². The molecular weight excluding hydrogens is 210 g/mol. The van der Waals surface area contributed by atoms with Crippen LogP contribution in [0.1, 0.15) is 42.0 Å². The molecule has 2 aliphatic heterocycles. The zero-order valence-electron chi connectivity index (χ0n) is 10.2. The first kappa shape index (κ1) is 10.1. The van der Waals surface area contributed by atoms with E-state index in [4.69, 9.17) is 4.74 Å². The lowest BCUT2D eigenvalue weighted by atomic mass is 9.91. The molecule has 2 heteroatoms. The molecule has 0 amide bonds. The Morgan fingerprint density at radius 2 is 2.24 bits per heavy atom. The fourth-order valence-electron chi connectivity index (χ4n) is 3.44. The minimum atomic E-state index is 0.578. The van der Waals surface area contributed by atoms with Crippen LogP contribution >= 0.6 is 0 Å². The summed E-state index contributed by atoms with van der Waals surface area (Å²) in [5.74, 6) is 0. The highest BCUT2D eigenvalue weighted by atomic mass is 16.5. The van der Waals surface area contributed by atoms with Crippen molar-refractivity contribution in [2.24, 2.45) is 5.41 Å². The summed E-state index contributed by atoms with van der Waals surface area (Å²) in [6.07, 6.45) is 5.29. The normalized spacial score (nSPS) is 29.3. The van der Waals surface area contributed by atoms with Crippen LogP contribution in [0.4, 0.5) is 0 Å². The summed E-state index contributed by atoms with van der Waals surface area (Å²) in [5.41, 5.74) is 5.15. The van der Waals surface area contributed by atoms with Crippen molar-refractivity contribution >= 4 is 0 Å². The van der Waals surface area contributed by atoms with Crippen molar-refractivity contribution in [1.29, 1.82) is 0 Å². The summed E-state index contributed by atoms with van der Waals surface area (Å²) in [6, 6.07) is 7.36. The molecule has 4 rings (SSSR count). The third-order valence-electron chi connectivity index (χ3n) is 4.76. The van der Waals surface area contributed by atoms with Crippen molar-refractivity contribution < 1.29 is 4.74 Å². The van der Waals surface area contributed by atoms with Gasteiger partial charge in [-0.25, -0.2) is 0 Å². The van der Waals surface area contributed by atoms with Gasteiger partial charge in [0.2, 0.25) is 0 Å². The zero-order chi connectivity index (χ0) is 11.3. The zero-order valence-corrected chi connectivity index (χ0v) is 10.2. The van der Waals surface area contributed by atoms with Crippen LogP contribution in [0, 0.1) is 5.41 Å². The van der Waals surface area contributed by atoms with Gasteiger partial charge in [0.1, 0.15) is 0 Å². The Kier molecular flexibility index (Phi) is 2.12. The molecule has 1 N–H and O–H groups in total. The average Bonchev–Trinajstić information content (AvgIpc) is 2.99. The SMILES string of the molecule is c1cc2c(c(C3CC4(CC4)CN3)c1)COCC2. The molecule has 1 saturated heterocycles. The lowest BCUT2D eigenvalue weighted by Crippen LogP contribution is -2.19. The van der Waals surface area contributed by atoms with Crippen molar-refractivity contribution in [1.82, 2.24) is 5.32 Å². The average molecular weight is 229 g/mol. The number of nitrogens with one attached hydrogen (secondary N) is 1. The molecule has 2 nitrogen and oxygen atoms in total. The van der Waals surface area contributed by atoms with Crippen LogP contribution in [0.2, 0.25) is 0 Å². The second-order valence-electron chi connectivity index (χ2n) is 5.93. The number of hydrogen-bond acceptors (Lipinski definition) is 2. The smallest absolute Gasteiger partial charge is 0.0722 e. The Bertz CT molecular complexity index is 450. The van der Waals surface area contributed by atoms with E-state index in [1.807, 2.05) is 0 Å². The van der Waals surface area contributed by atoms with Crippen molar-refractivity contribution in [2.75, 3.05) is 13.2 Å². The van der Waals surface area contributed by atoms with E-state index in [-0.39, 0.29) is 0 Å². The molecule has 1 spiro atoms. The summed E-state index contributed by atoms with van der Waals surface area (Å²) in [6.45, 7) is 2.93. The van der Waals surface area contributed by atoms with Gasteiger partial charge in [0.05, 0.1) is 13.2 Å². The Labute approximate surface area is 102 Å². The van der Waals surface area contributed by atoms with Gasteiger partial charge in [-0.3, -0.25) is 0 Å². The van der Waals surface area contributed by atoms with E-state index in [2.05, 4.69) is 23.5 Å². The molecule has 2 fully saturated rings. The molecule has 0 radical (unpaired) electrons. The minimum absolute atomic E-state index is 0.578. The molecule has 17 heavy (non-hydrogen) atoms. The van der Waals surface area contributed by atoms with Crippen molar-refractivity contribution in [2.45, 2.75) is 38.3 Å². The van der Waals surface area contributed by atoms with E-state index in [0.717, 1.165) is 19.6 Å². The second-order valence-corrected chi connectivity index (χ2v) is 5.93. The molecule has 1 atom stereocenters. The molecular formula is C15H19NO. The molecule has 0 bridgehead atoms. The highest BCUT2D eigenvalue weighted by molar-refractivity contribution is 5.39. The molecule has 3 aliphatic rings. The summed E-state index contributed by atoms with van der Waals surface area (Å²) in [7, 11) is 0. The van der Waals surface area contributed by atoms with Crippen LogP contribution in [-0.4, -0.2) is 13.2 Å². The Hall–Kier alpha value is -0.860. The first-order valence-corrected chi connectivity index (χ1v) is 6.78. The van der Waals surface area contributed by atoms with E-state index in [1.54, 1.807) is 0 Å². The molecule has 1 aliphatic carbocycles. The highest BCUT2D eigenvalue weighted by Gasteiger charge is 2.48. The first-order valence-electron chi connectivity index (χ1n) is 6.78. The van der Waals surface area contributed by atoms with Gasteiger partial charge in [0, 0.05) is 12.6 Å². The number of fused-ring (bicyclic) bond motifs is 1. The van der Waals surface area contributed by atoms with Gasteiger partial charge in [0.25, 0.3) is 0 Å². The Balaban J connectivity index is 1.69. The standard InChI is InChI=1S/C15H19NO/c1-2-11-4-7-17-9-13(11)12(3-1)14-8-15(5-6-15)10-16-14/h1-3,14,16H,4-10H2. The van der Waals surface area contributed by atoms with Crippen LogP contribution < -0.4 is 5.32 Å². The minimum Gasteiger partial charge on any atom is -0.376 e. The lowest BCUT2D eigenvalue weighted by Gasteiger charge is -2.23. The van der Waals surface area contributed by atoms with Crippen molar-refractivity contribution in [3.63, 3.8) is 0 Å². The van der Waals surface area contributed by atoms with Crippen LogP contribution in [0.25, 0.3) is 0 Å². The third kappa shape index (κ3) is 1.62. The lowest BCUT2D eigenvalue weighted by molar-refractivity contribution is 0.109. The summed E-state index contributed by atoms with van der Waals surface area (Å²) in [5, 5.41) is 3.72. The Morgan fingerprint density at radius 3 is 3.06 bits per heavy atom. The molecule has 1 aromatic rings. The molecule has 2 heterocycles. The predicted octanol–water partition coefficient (Wildman–Crippen LogP) is 2.57. The van der Waals surface area contributed by atoms with Gasteiger partial charge in [-0.05, 0) is 47.8 Å². The van der Waals surface area contributed by atoms with Gasteiger partial charge < -0.3 is 10.1 Å². The van der Waals surface area contributed by atoms with Gasteiger partial charge in [-0.15, -0.1) is 0 Å². The highest BCUT2D eigenvalue weighted by Crippen LogP contribution is 2.55. The van der Waals surface area contributed by atoms with E-state index >= 15 is 0 Å². The summed E-state index contributed by atoms with van der Waals surface area (Å²) >= 11 is 0. The summed E-state index contributed by atoms with van der Waals surface area (Å²) in [4.78, 5) is 0. The van der Waals surface area contributed by atoms with E-state index in [9.17, 15) is 0 Å². The monoisotopic (exact) mass is 229 g/mol. The third-order valence-corrected chi connectivity index (χ3v) is 4.76. The summed E-state index contributed by atoms with van der Waals surface area (Å²) < 4.78 is 5.64. The molecule has 90 valence electrons. The number of rotatable bonds is 1. The quantitative estimate of drug-likeness (QED) is 0.799. The molecule has 0 aromatic heterocycles. The van der Waals surface area contributed by atoms with Gasteiger partial charge >= 0.3 is 0 Å². The van der Waals surface area contributed by atoms with Gasteiger partial charge in [-0.2, -0.15) is 0 Å². The van der Waals surface area contributed by atoms with Crippen molar-refractivity contribution in [3.05, 3.63) is 34.9 Å². The number of hydrogen-bond donors (Lipinski definition) is 1. The van der Waals surface area contributed by atoms with Gasteiger partial charge in [0.15, 0.2) is 0 Å². The fraction of sp³-hybridized carbons (Fsp3) is 0.600. The molecule has 1 aromatic carbocycles. The largest absolute Gasteiger partial charge is 0.376 e. The van der Waals surface area contributed by atoms with Crippen LogP contribution in [0.5, 0.6) is 0 Å². The molecule has 1 unspecified atom stereocenters. The number of ether oxygens (including phenoxy) is 1. The Morgan fingerprint density at radius 1 is 1.29 bits per heavy atom. The fourth-order valence-corrected chi connectivity index (χ4v) is 3.44. The number of benzene rings is 1. The van der Waals surface area contributed by atoms with E-state index < -0.39 is 0 Å². The second kappa shape index (κ2) is 3.56. The maximum absolute atomic E-state index is 5.64. The maximum Gasteiger partial charge on any atom is 0.0722 e. The van der Waals surface area contributed by atoms with Crippen molar-refractivity contribution in [3.8, 4) is 0 Å². The van der Waals surface area contributed by atoms with E-state index in [0.29, 0.717) is 11.5 Å². The van der Waals surface area contributed by atoms with E-state index in [1.165, 1.54) is 42.5 Å². The molecule has 1 saturated carbocycles. The van der Waals surface area contributed by atoms with Crippen LogP contribution in [-0.2, 0) is 17.8 Å². The first-order chi connectivity index (χ1) is 8.36. The van der Waals surface area contributed by atoms with Crippen LogP contribution in [0.15, 0.2) is 18.2 Å². The predicted molar refractivity (Wildman–Crippen MR) is 66.8 cm³/mol.